The van der Waals surface area contributed by atoms with Gasteiger partial charge in [-0.1, -0.05) is 11.6 Å². The lowest BCUT2D eigenvalue weighted by Gasteiger charge is -2.17. The second kappa shape index (κ2) is 5.85. The van der Waals surface area contributed by atoms with Crippen molar-refractivity contribution in [1.29, 1.82) is 0 Å². The topological polar surface area (TPSA) is 38.0 Å². The van der Waals surface area contributed by atoms with E-state index in [9.17, 15) is 8.78 Å². The number of nitrogens with two attached hydrogens (primary N) is 1. The molecule has 3 N–H and O–H groups in total. The summed E-state index contributed by atoms with van der Waals surface area (Å²) >= 11 is 10.7. The van der Waals surface area contributed by atoms with Crippen LogP contribution in [0.2, 0.25) is 5.02 Å². The number of thiophene rings is 1. The van der Waals surface area contributed by atoms with E-state index in [1.165, 1.54) is 17.4 Å². The van der Waals surface area contributed by atoms with Crippen LogP contribution in [0.3, 0.4) is 0 Å². The summed E-state index contributed by atoms with van der Waals surface area (Å²) in [5.74, 6) is 3.54. The maximum Gasteiger partial charge on any atom is 0.165 e. The molecule has 0 bridgehead atoms. The Morgan fingerprint density at radius 2 is 2.11 bits per heavy atom. The Bertz CT molecular complexity index is 599. The van der Waals surface area contributed by atoms with E-state index in [1.807, 2.05) is 13.0 Å². The maximum absolute atomic E-state index is 13.9. The molecule has 19 heavy (non-hydrogen) atoms. The van der Waals surface area contributed by atoms with Crippen LogP contribution in [0.1, 0.15) is 22.0 Å². The van der Waals surface area contributed by atoms with E-state index in [2.05, 4.69) is 21.4 Å². The molecule has 2 nitrogen and oxygen atoms in total. The second-order valence-corrected chi connectivity index (χ2v) is 6.77. The Hall–Kier alpha value is -0.530. The average Bonchev–Trinajstić information content (AvgIpc) is 2.70. The van der Waals surface area contributed by atoms with Crippen molar-refractivity contribution in [1.82, 2.24) is 5.43 Å². The van der Waals surface area contributed by atoms with Crippen LogP contribution in [-0.2, 0) is 0 Å². The molecule has 1 unspecified atom stereocenters. The van der Waals surface area contributed by atoms with E-state index in [0.29, 0.717) is 0 Å². The fourth-order valence-corrected chi connectivity index (χ4v) is 3.64. The number of hydrogen-bond acceptors (Lipinski definition) is 3. The van der Waals surface area contributed by atoms with Gasteiger partial charge in [0.1, 0.15) is 0 Å². The minimum absolute atomic E-state index is 0.0120. The zero-order valence-electron chi connectivity index (χ0n) is 9.81. The molecule has 2 aromatic rings. The van der Waals surface area contributed by atoms with Crippen molar-refractivity contribution in [3.63, 3.8) is 0 Å². The smallest absolute Gasteiger partial charge is 0.165 e. The van der Waals surface area contributed by atoms with Gasteiger partial charge >= 0.3 is 0 Å². The van der Waals surface area contributed by atoms with Gasteiger partial charge in [0.05, 0.1) is 9.83 Å². The lowest BCUT2D eigenvalue weighted by Crippen LogP contribution is -2.29. The van der Waals surface area contributed by atoms with Crippen LogP contribution < -0.4 is 11.3 Å². The summed E-state index contributed by atoms with van der Waals surface area (Å²) in [6.07, 6.45) is 0. The van der Waals surface area contributed by atoms with Crippen LogP contribution in [0.15, 0.2) is 22.0 Å². The average molecular weight is 368 g/mol. The molecule has 2 rings (SSSR count). The first-order chi connectivity index (χ1) is 8.95. The molecule has 102 valence electrons. The number of benzene rings is 1. The molecule has 0 aliphatic carbocycles. The third-order valence-electron chi connectivity index (χ3n) is 2.70. The third-order valence-corrected chi connectivity index (χ3v) is 5.23. The van der Waals surface area contributed by atoms with Crippen molar-refractivity contribution >= 4 is 38.9 Å². The van der Waals surface area contributed by atoms with Gasteiger partial charge in [-0.05, 0) is 46.6 Å². The number of nitrogens with one attached hydrogen (secondary N) is 1. The number of aryl methyl sites for hydroxylation is 1. The highest BCUT2D eigenvalue weighted by atomic mass is 79.9. The number of hydrogen-bond donors (Lipinski definition) is 2. The molecule has 1 atom stereocenters. The van der Waals surface area contributed by atoms with Crippen molar-refractivity contribution in [3.8, 4) is 0 Å². The molecule has 0 saturated carbocycles. The minimum Gasteiger partial charge on any atom is -0.271 e. The van der Waals surface area contributed by atoms with Gasteiger partial charge in [-0.2, -0.15) is 0 Å². The van der Waals surface area contributed by atoms with Gasteiger partial charge in [0.15, 0.2) is 11.6 Å². The van der Waals surface area contributed by atoms with Crippen LogP contribution in [0.5, 0.6) is 0 Å². The third kappa shape index (κ3) is 2.83. The maximum atomic E-state index is 13.9. The molecule has 7 heteroatoms. The predicted octanol–water partition coefficient (Wildman–Crippen LogP) is 4.30. The Morgan fingerprint density at radius 1 is 1.42 bits per heavy atom. The highest BCUT2D eigenvalue weighted by Gasteiger charge is 2.24. The van der Waals surface area contributed by atoms with E-state index in [0.717, 1.165) is 20.3 Å². The van der Waals surface area contributed by atoms with Crippen molar-refractivity contribution < 1.29 is 8.78 Å². The van der Waals surface area contributed by atoms with Crippen LogP contribution in [0, 0.1) is 18.6 Å². The quantitative estimate of drug-likeness (QED) is 0.482. The molecular formula is C12H10BrClF2N2S. The molecule has 0 saturated heterocycles. The summed E-state index contributed by atoms with van der Waals surface area (Å²) in [6, 6.07) is 3.46. The monoisotopic (exact) mass is 366 g/mol. The number of halogens is 4. The van der Waals surface area contributed by atoms with Crippen LogP contribution >= 0.6 is 38.9 Å². The van der Waals surface area contributed by atoms with Crippen LogP contribution in [-0.4, -0.2) is 0 Å². The summed E-state index contributed by atoms with van der Waals surface area (Å²) in [5, 5.41) is 0.129. The fourth-order valence-electron chi connectivity index (χ4n) is 1.74. The summed E-state index contributed by atoms with van der Waals surface area (Å²) in [5.41, 5.74) is 3.49. The molecular weight excluding hydrogens is 358 g/mol. The van der Waals surface area contributed by atoms with Crippen molar-refractivity contribution in [2.24, 2.45) is 5.84 Å². The van der Waals surface area contributed by atoms with E-state index < -0.39 is 17.7 Å². The zero-order chi connectivity index (χ0) is 14.2. The standard InChI is InChI=1S/C12H10BrClF2N2S/c1-5-4-8(19-12(5)13)11(18-17)9-6(14)2-3-7(15)10(9)16/h2-4,11,18H,17H2,1H3. The molecule has 1 aromatic heterocycles. The van der Waals surface area contributed by atoms with E-state index in [4.69, 9.17) is 17.4 Å². The van der Waals surface area contributed by atoms with E-state index in [-0.39, 0.29) is 10.6 Å². The zero-order valence-corrected chi connectivity index (χ0v) is 13.0. The minimum atomic E-state index is -0.988. The van der Waals surface area contributed by atoms with Gasteiger partial charge in [-0.15, -0.1) is 11.3 Å². The van der Waals surface area contributed by atoms with Gasteiger partial charge in [-0.3, -0.25) is 5.84 Å². The Labute approximate surface area is 126 Å². The van der Waals surface area contributed by atoms with Gasteiger partial charge in [0.2, 0.25) is 0 Å². The Balaban J connectivity index is 2.57. The summed E-state index contributed by atoms with van der Waals surface area (Å²) in [4.78, 5) is 0.748. The van der Waals surface area contributed by atoms with Crippen LogP contribution in [0.4, 0.5) is 8.78 Å². The largest absolute Gasteiger partial charge is 0.271 e. The molecule has 1 heterocycles. The Kier molecular flexibility index (Phi) is 4.58. The van der Waals surface area contributed by atoms with Crippen molar-refractivity contribution in [2.75, 3.05) is 0 Å². The molecule has 0 fully saturated rings. The normalized spacial score (nSPS) is 12.7. The van der Waals surface area contributed by atoms with E-state index >= 15 is 0 Å². The predicted molar refractivity (Wildman–Crippen MR) is 77.3 cm³/mol. The summed E-state index contributed by atoms with van der Waals surface area (Å²) in [7, 11) is 0. The summed E-state index contributed by atoms with van der Waals surface area (Å²) in [6.45, 7) is 1.90. The first kappa shape index (κ1) is 14.9. The second-order valence-electron chi connectivity index (χ2n) is 3.96. The van der Waals surface area contributed by atoms with Crippen LogP contribution in [0.25, 0.3) is 0 Å². The van der Waals surface area contributed by atoms with Gasteiger partial charge in [0, 0.05) is 15.5 Å². The molecule has 0 aliphatic rings. The van der Waals surface area contributed by atoms with Gasteiger partial charge < -0.3 is 0 Å². The highest BCUT2D eigenvalue weighted by Crippen LogP contribution is 2.37. The van der Waals surface area contributed by atoms with E-state index in [1.54, 1.807) is 0 Å². The Morgan fingerprint density at radius 3 is 2.63 bits per heavy atom. The molecule has 0 aliphatic heterocycles. The first-order valence-corrected chi connectivity index (χ1v) is 7.29. The lowest BCUT2D eigenvalue weighted by atomic mass is 10.0. The molecule has 0 radical (unpaired) electrons. The van der Waals surface area contributed by atoms with Gasteiger partial charge in [-0.25, -0.2) is 14.2 Å². The van der Waals surface area contributed by atoms with Crippen molar-refractivity contribution in [3.05, 3.63) is 54.6 Å². The van der Waals surface area contributed by atoms with Crippen molar-refractivity contribution in [2.45, 2.75) is 13.0 Å². The fraction of sp³-hybridized carbons (Fsp3) is 0.167. The molecule has 1 aromatic carbocycles. The van der Waals surface area contributed by atoms with Gasteiger partial charge in [0.25, 0.3) is 0 Å². The molecule has 0 spiro atoms. The number of rotatable bonds is 3. The summed E-state index contributed by atoms with van der Waals surface area (Å²) < 4.78 is 28.2. The molecule has 0 amide bonds. The SMILES string of the molecule is Cc1cc(C(NN)c2c(Cl)ccc(F)c2F)sc1Br. The highest BCUT2D eigenvalue weighted by molar-refractivity contribution is 9.11. The first-order valence-electron chi connectivity index (χ1n) is 5.31. The number of hydrazine groups is 1. The lowest BCUT2D eigenvalue weighted by molar-refractivity contribution is 0.484.